The fourth-order valence-electron chi connectivity index (χ4n) is 1.65. The lowest BCUT2D eigenvalue weighted by Gasteiger charge is -2.18. The van der Waals surface area contributed by atoms with Crippen molar-refractivity contribution in [3.8, 4) is 5.75 Å². The van der Waals surface area contributed by atoms with Gasteiger partial charge in [0.2, 0.25) is 5.91 Å². The maximum Gasteiger partial charge on any atom is 0.246 e. The third kappa shape index (κ3) is 4.87. The first kappa shape index (κ1) is 15.4. The Kier molecular flexibility index (Phi) is 5.76. The van der Waals surface area contributed by atoms with E-state index in [2.05, 4.69) is 5.32 Å². The highest BCUT2D eigenvalue weighted by Gasteiger charge is 2.15. The molecule has 0 bridgehead atoms. The van der Waals surface area contributed by atoms with Gasteiger partial charge < -0.3 is 14.8 Å². The molecule has 0 saturated heterocycles. The summed E-state index contributed by atoms with van der Waals surface area (Å²) >= 11 is 0. The monoisotopic (exact) mass is 269 g/mol. The molecule has 1 aromatic carbocycles. The van der Waals surface area contributed by atoms with E-state index < -0.39 is 0 Å². The molecule has 1 atom stereocenters. The van der Waals surface area contributed by atoms with Crippen LogP contribution >= 0.6 is 0 Å². The molecule has 0 aliphatic heterocycles. The average molecular weight is 269 g/mol. The summed E-state index contributed by atoms with van der Waals surface area (Å²) in [6.07, 6.45) is -0.00948. The van der Waals surface area contributed by atoms with Gasteiger partial charge in [0.15, 0.2) is 0 Å². The van der Waals surface area contributed by atoms with Gasteiger partial charge >= 0.3 is 0 Å². The van der Waals surface area contributed by atoms with Crippen molar-refractivity contribution in [1.29, 1.82) is 0 Å². The number of methoxy groups -OCH3 is 1. The van der Waals surface area contributed by atoms with E-state index in [1.54, 1.807) is 6.92 Å². The Hall–Kier alpha value is -1.62. The lowest BCUT2D eigenvalue weighted by atomic mass is 10.1. The number of benzene rings is 1. The normalized spacial score (nSPS) is 12.3. The van der Waals surface area contributed by atoms with E-state index in [-0.39, 0.29) is 30.5 Å². The van der Waals surface area contributed by atoms with Crippen molar-refractivity contribution in [3.05, 3.63) is 29.6 Å². The zero-order chi connectivity index (χ0) is 14.4. The highest BCUT2D eigenvalue weighted by molar-refractivity contribution is 5.77. The summed E-state index contributed by atoms with van der Waals surface area (Å²) in [6, 6.07) is 3.86. The lowest BCUT2D eigenvalue weighted by Crippen LogP contribution is -2.31. The Morgan fingerprint density at radius 1 is 1.37 bits per heavy atom. The molecule has 0 aromatic heterocycles. The maximum absolute atomic E-state index is 13.2. The zero-order valence-corrected chi connectivity index (χ0v) is 11.7. The van der Waals surface area contributed by atoms with Gasteiger partial charge in [0, 0.05) is 5.56 Å². The van der Waals surface area contributed by atoms with E-state index in [1.165, 1.54) is 25.3 Å². The minimum absolute atomic E-state index is 0.00948. The molecule has 5 heteroatoms. The summed E-state index contributed by atoms with van der Waals surface area (Å²) in [7, 11) is 1.51. The van der Waals surface area contributed by atoms with Crippen molar-refractivity contribution in [2.75, 3.05) is 13.7 Å². The quantitative estimate of drug-likeness (QED) is 0.863. The Balaban J connectivity index is 2.69. The van der Waals surface area contributed by atoms with Crippen molar-refractivity contribution in [2.24, 2.45) is 0 Å². The number of ether oxygens (including phenoxy) is 2. The van der Waals surface area contributed by atoms with Crippen LogP contribution < -0.4 is 10.1 Å². The molecule has 4 nitrogen and oxygen atoms in total. The van der Waals surface area contributed by atoms with Crippen LogP contribution in [0.5, 0.6) is 5.75 Å². The highest BCUT2D eigenvalue weighted by atomic mass is 19.1. The molecular weight excluding hydrogens is 249 g/mol. The number of rotatable bonds is 6. The van der Waals surface area contributed by atoms with Gasteiger partial charge in [-0.2, -0.15) is 0 Å². The Morgan fingerprint density at radius 3 is 2.63 bits per heavy atom. The van der Waals surface area contributed by atoms with Crippen molar-refractivity contribution in [1.82, 2.24) is 5.32 Å². The second-order valence-corrected chi connectivity index (χ2v) is 4.54. The van der Waals surface area contributed by atoms with Crippen molar-refractivity contribution < 1.29 is 18.7 Å². The molecule has 0 aliphatic carbocycles. The summed E-state index contributed by atoms with van der Waals surface area (Å²) in [6.45, 7) is 5.46. The second-order valence-electron chi connectivity index (χ2n) is 4.54. The van der Waals surface area contributed by atoms with Crippen LogP contribution in [0.25, 0.3) is 0 Å². The maximum atomic E-state index is 13.2. The first-order chi connectivity index (χ1) is 8.93. The molecule has 1 rings (SSSR count). The topological polar surface area (TPSA) is 47.6 Å². The summed E-state index contributed by atoms with van der Waals surface area (Å²) < 4.78 is 23.6. The number of hydrogen-bond acceptors (Lipinski definition) is 3. The number of amides is 1. The van der Waals surface area contributed by atoms with E-state index >= 15 is 0 Å². The standard InChI is InChI=1S/C14H20FNO3/c1-9(2)19-8-14(17)16-10(3)12-7-11(15)5-6-13(12)18-4/h5-7,9-10H,8H2,1-4H3,(H,16,17). The van der Waals surface area contributed by atoms with Gasteiger partial charge in [-0.05, 0) is 39.0 Å². The Bertz CT molecular complexity index is 435. The van der Waals surface area contributed by atoms with Gasteiger partial charge in [-0.15, -0.1) is 0 Å². The van der Waals surface area contributed by atoms with Crippen molar-refractivity contribution >= 4 is 5.91 Å². The van der Waals surface area contributed by atoms with E-state index in [0.717, 1.165) is 0 Å². The summed E-state index contributed by atoms with van der Waals surface area (Å²) in [4.78, 5) is 11.6. The molecule has 0 heterocycles. The predicted molar refractivity (Wildman–Crippen MR) is 70.6 cm³/mol. The third-order valence-corrected chi connectivity index (χ3v) is 2.58. The summed E-state index contributed by atoms with van der Waals surface area (Å²) in [5.41, 5.74) is 0.598. The average Bonchev–Trinajstić information content (AvgIpc) is 2.36. The van der Waals surface area contributed by atoms with E-state index in [1.807, 2.05) is 13.8 Å². The number of carbonyl (C=O) groups excluding carboxylic acids is 1. The highest BCUT2D eigenvalue weighted by Crippen LogP contribution is 2.25. The van der Waals surface area contributed by atoms with Crippen molar-refractivity contribution in [3.63, 3.8) is 0 Å². The molecule has 19 heavy (non-hydrogen) atoms. The summed E-state index contributed by atoms with van der Waals surface area (Å²) in [5.74, 6) is -0.0678. The van der Waals surface area contributed by atoms with Crippen LogP contribution in [0.4, 0.5) is 4.39 Å². The minimum atomic E-state index is -0.365. The molecule has 0 fully saturated rings. The van der Waals surface area contributed by atoms with E-state index in [0.29, 0.717) is 11.3 Å². The lowest BCUT2D eigenvalue weighted by molar-refractivity contribution is -0.127. The van der Waals surface area contributed by atoms with Gasteiger partial charge in [0.05, 0.1) is 19.3 Å². The van der Waals surface area contributed by atoms with Gasteiger partial charge in [0.1, 0.15) is 18.2 Å². The van der Waals surface area contributed by atoms with Crippen LogP contribution in [0.1, 0.15) is 32.4 Å². The molecule has 106 valence electrons. The van der Waals surface area contributed by atoms with Crippen LogP contribution in [-0.4, -0.2) is 25.7 Å². The Morgan fingerprint density at radius 2 is 2.05 bits per heavy atom. The third-order valence-electron chi connectivity index (χ3n) is 2.58. The molecule has 0 aliphatic rings. The van der Waals surface area contributed by atoms with Gasteiger partial charge in [-0.1, -0.05) is 0 Å². The molecule has 0 radical (unpaired) electrons. The van der Waals surface area contributed by atoms with Crippen LogP contribution in [0, 0.1) is 5.82 Å². The smallest absolute Gasteiger partial charge is 0.246 e. The number of nitrogens with one attached hydrogen (secondary N) is 1. The number of hydrogen-bond donors (Lipinski definition) is 1. The SMILES string of the molecule is COc1ccc(F)cc1C(C)NC(=O)COC(C)C. The van der Waals surface area contributed by atoms with Gasteiger partial charge in [-0.3, -0.25) is 4.79 Å². The van der Waals surface area contributed by atoms with Crippen LogP contribution in [0.3, 0.4) is 0 Å². The minimum Gasteiger partial charge on any atom is -0.496 e. The largest absolute Gasteiger partial charge is 0.496 e. The summed E-state index contributed by atoms with van der Waals surface area (Å²) in [5, 5.41) is 2.74. The van der Waals surface area contributed by atoms with Gasteiger partial charge in [0.25, 0.3) is 0 Å². The predicted octanol–water partition coefficient (Wildman–Crippen LogP) is 2.44. The van der Waals surface area contributed by atoms with Crippen LogP contribution in [0.15, 0.2) is 18.2 Å². The molecule has 1 amide bonds. The van der Waals surface area contributed by atoms with Gasteiger partial charge in [-0.25, -0.2) is 4.39 Å². The molecule has 0 spiro atoms. The Labute approximate surface area is 112 Å². The van der Waals surface area contributed by atoms with E-state index in [4.69, 9.17) is 9.47 Å². The number of carbonyl (C=O) groups is 1. The fraction of sp³-hybridized carbons (Fsp3) is 0.500. The van der Waals surface area contributed by atoms with Crippen molar-refractivity contribution in [2.45, 2.75) is 32.9 Å². The first-order valence-electron chi connectivity index (χ1n) is 6.18. The molecule has 1 aromatic rings. The second kappa shape index (κ2) is 7.09. The van der Waals surface area contributed by atoms with E-state index in [9.17, 15) is 9.18 Å². The molecular formula is C14H20FNO3. The number of halogens is 1. The molecule has 1 N–H and O–H groups in total. The van der Waals surface area contributed by atoms with Crippen LogP contribution in [-0.2, 0) is 9.53 Å². The zero-order valence-electron chi connectivity index (χ0n) is 11.7. The fourth-order valence-corrected chi connectivity index (χ4v) is 1.65. The molecule has 1 unspecified atom stereocenters. The molecule has 0 saturated carbocycles. The van der Waals surface area contributed by atoms with Crippen LogP contribution in [0.2, 0.25) is 0 Å². The first-order valence-corrected chi connectivity index (χ1v) is 6.18.